The summed E-state index contributed by atoms with van der Waals surface area (Å²) in [5.74, 6) is -3.65. The Balaban J connectivity index is 1.68. The maximum Gasteiger partial charge on any atom is 0.315 e. The summed E-state index contributed by atoms with van der Waals surface area (Å²) < 4.78 is 39.3. The van der Waals surface area contributed by atoms with E-state index in [4.69, 9.17) is 8.92 Å². The van der Waals surface area contributed by atoms with Crippen molar-refractivity contribution < 1.29 is 46.1 Å². The first-order valence-corrected chi connectivity index (χ1v) is 14.0. The number of esters is 1. The fourth-order valence-electron chi connectivity index (χ4n) is 3.90. The number of ketones is 1. The number of amides is 2. The van der Waals surface area contributed by atoms with Gasteiger partial charge in [-0.1, -0.05) is 28.9 Å². The lowest BCUT2D eigenvalue weighted by atomic mass is 9.95. The van der Waals surface area contributed by atoms with Crippen LogP contribution in [-0.2, 0) is 47.8 Å². The Kier molecular flexibility index (Phi) is 10.2. The number of ether oxygens (including phenoxy) is 2. The number of nitrogens with one attached hydrogen (secondary N) is 1. The maximum atomic E-state index is 13.0. The molecule has 2 aliphatic rings. The normalized spacial score (nSPS) is 19.8. The highest BCUT2D eigenvalue weighted by Crippen LogP contribution is 2.41. The Morgan fingerprint density at radius 2 is 1.92 bits per heavy atom. The van der Waals surface area contributed by atoms with Crippen molar-refractivity contribution in [3.8, 4) is 0 Å². The topological polar surface area (TPSA) is 167 Å². The van der Waals surface area contributed by atoms with Crippen molar-refractivity contribution >= 4 is 51.2 Å². The summed E-state index contributed by atoms with van der Waals surface area (Å²) in [7, 11) is 1.44. The van der Waals surface area contributed by atoms with Crippen molar-refractivity contribution in [1.82, 2.24) is 10.2 Å². The minimum Gasteiger partial charge on any atom is -0.462 e. The second-order valence-electron chi connectivity index (χ2n) is 8.38. The fourth-order valence-corrected chi connectivity index (χ4v) is 5.98. The van der Waals surface area contributed by atoms with E-state index in [-0.39, 0.29) is 17.9 Å². The molecule has 1 aromatic carbocycles. The Morgan fingerprint density at radius 1 is 1.23 bits per heavy atom. The van der Waals surface area contributed by atoms with Crippen molar-refractivity contribution in [3.05, 3.63) is 48.7 Å². The molecule has 1 N–H and O–H groups in total. The fraction of sp³-hybridized carbons (Fsp3) is 0.417. The van der Waals surface area contributed by atoms with E-state index in [9.17, 15) is 27.6 Å². The van der Waals surface area contributed by atoms with Crippen LogP contribution in [0.1, 0.15) is 12.0 Å². The van der Waals surface area contributed by atoms with Crippen LogP contribution >= 0.6 is 11.8 Å². The lowest BCUT2D eigenvalue weighted by Gasteiger charge is -2.50. The zero-order valence-corrected chi connectivity index (χ0v) is 23.1. The summed E-state index contributed by atoms with van der Waals surface area (Å²) in [5, 5.41) is 5.29. The van der Waals surface area contributed by atoms with E-state index in [1.54, 1.807) is 25.1 Å². The number of aryl methyl sites for hydroxylation is 1. The van der Waals surface area contributed by atoms with Crippen LogP contribution in [0.15, 0.2) is 46.1 Å². The first-order chi connectivity index (χ1) is 18.5. The van der Waals surface area contributed by atoms with E-state index in [2.05, 4.69) is 27.2 Å². The molecule has 2 unspecified atom stereocenters. The van der Waals surface area contributed by atoms with Crippen LogP contribution in [0.4, 0.5) is 0 Å². The first kappa shape index (κ1) is 30.3. The van der Waals surface area contributed by atoms with E-state index < -0.39 is 63.3 Å². The third-order valence-corrected chi connectivity index (χ3v) is 8.34. The monoisotopic (exact) mass is 582 g/mol. The third-order valence-electron chi connectivity index (χ3n) is 5.88. The van der Waals surface area contributed by atoms with Crippen molar-refractivity contribution in [2.24, 2.45) is 11.1 Å². The molecule has 3 atom stereocenters. The molecule has 39 heavy (non-hydrogen) atoms. The lowest BCUT2D eigenvalue weighted by Crippen LogP contribution is -2.71. The van der Waals surface area contributed by atoms with Crippen LogP contribution in [-0.4, -0.2) is 87.2 Å². The summed E-state index contributed by atoms with van der Waals surface area (Å²) in [5.41, 5.74) is 0.460. The third kappa shape index (κ3) is 6.84. The van der Waals surface area contributed by atoms with Gasteiger partial charge in [0.05, 0.1) is 10.8 Å². The van der Waals surface area contributed by atoms with Gasteiger partial charge < -0.3 is 19.6 Å². The molecule has 1 saturated heterocycles. The van der Waals surface area contributed by atoms with Crippen LogP contribution in [0.25, 0.3) is 0 Å². The Hall–Kier alpha value is -3.27. The summed E-state index contributed by atoms with van der Waals surface area (Å²) >= 11 is 1.33. The molecule has 13 nitrogen and oxygen atoms in total. The minimum atomic E-state index is -4.29. The molecule has 2 amide bonds. The second kappa shape index (κ2) is 13.2. The number of rotatable bonds is 13. The van der Waals surface area contributed by atoms with Crippen molar-refractivity contribution in [2.45, 2.75) is 29.7 Å². The van der Waals surface area contributed by atoms with E-state index in [0.29, 0.717) is 11.4 Å². The van der Waals surface area contributed by atoms with E-state index in [0.717, 1.165) is 12.7 Å². The quantitative estimate of drug-likeness (QED) is 0.0861. The number of hydrogen-bond acceptors (Lipinski definition) is 12. The number of Topliss-reactive ketones (excluding diaryl/α,β-unsaturated/α-hetero) is 1. The van der Waals surface area contributed by atoms with Gasteiger partial charge in [0.2, 0.25) is 11.5 Å². The van der Waals surface area contributed by atoms with Gasteiger partial charge in [-0.2, -0.15) is 8.42 Å². The predicted octanol–water partition coefficient (Wildman–Crippen LogP) is 0.543. The van der Waals surface area contributed by atoms with Gasteiger partial charge in [-0.15, -0.1) is 11.8 Å². The van der Waals surface area contributed by atoms with E-state index in [1.165, 1.54) is 35.9 Å². The molecule has 0 saturated carbocycles. The molecule has 1 fully saturated rings. The molecule has 2 heterocycles. The van der Waals surface area contributed by atoms with E-state index in [1.807, 2.05) is 0 Å². The molecule has 0 spiro atoms. The Bertz CT molecular complexity index is 1280. The number of fused-ring (bicyclic) bond motifs is 1. The van der Waals surface area contributed by atoms with Crippen LogP contribution < -0.4 is 5.32 Å². The molecular formula is C24H28N3O10S2. The minimum absolute atomic E-state index is 0.166. The smallest absolute Gasteiger partial charge is 0.315 e. The largest absolute Gasteiger partial charge is 0.462 e. The Labute approximate surface area is 230 Å². The van der Waals surface area contributed by atoms with Gasteiger partial charge in [0.1, 0.15) is 32.2 Å². The number of oxime groups is 1. The molecule has 15 heteroatoms. The SMILES string of the molecule is [CH2]OC(=O)C(CCOC)C1=CCS[C@H]2C(NC(=O)C(=NOC)C(=O)COS(=O)(=O)c3ccc(C)cc3)C(=O)N12. The zero-order chi connectivity index (χ0) is 28.7. The molecule has 2 aliphatic heterocycles. The van der Waals surface area contributed by atoms with Gasteiger partial charge >= 0.3 is 5.97 Å². The number of hydrogen-bond donors (Lipinski definition) is 1. The second-order valence-corrected chi connectivity index (χ2v) is 11.1. The number of β-lactam (4-membered cyclic amide) rings is 1. The molecule has 1 radical (unpaired) electrons. The highest BCUT2D eigenvalue weighted by atomic mass is 32.2. The summed E-state index contributed by atoms with van der Waals surface area (Å²) in [6.07, 6.45) is 1.97. The standard InChI is InChI=1S/C24H28N3O10S2/c1-14-5-7-15(8-6-14)39(32,33)37-13-18(28)19(26-36-4)21(29)25-20-22(30)27-17(10-12-38-23(20)27)16(9-11-34-2)24(31)35-3/h5-8,10,16,20,23H,3,9,11-13H2,1-2,4H3,(H,25,29)/t16?,20?,23-/m0/s1. The summed E-state index contributed by atoms with van der Waals surface area (Å²) in [6, 6.07) is 4.72. The van der Waals surface area contributed by atoms with Crippen molar-refractivity contribution in [3.63, 3.8) is 0 Å². The number of nitrogens with zero attached hydrogens (tertiary/aromatic N) is 2. The molecule has 3 rings (SSSR count). The lowest BCUT2D eigenvalue weighted by molar-refractivity contribution is -0.149. The summed E-state index contributed by atoms with van der Waals surface area (Å²) in [6.45, 7) is 0.992. The average Bonchev–Trinajstić information content (AvgIpc) is 2.93. The van der Waals surface area contributed by atoms with Gasteiger partial charge in [-0.25, -0.2) is 0 Å². The zero-order valence-electron chi connectivity index (χ0n) is 21.4. The average molecular weight is 583 g/mol. The van der Waals surface area contributed by atoms with Crippen LogP contribution in [0.3, 0.4) is 0 Å². The molecular weight excluding hydrogens is 554 g/mol. The highest BCUT2D eigenvalue weighted by molar-refractivity contribution is 8.00. The number of carbonyl (C=O) groups excluding carboxylic acids is 4. The molecule has 211 valence electrons. The van der Waals surface area contributed by atoms with Crippen molar-refractivity contribution in [1.29, 1.82) is 0 Å². The van der Waals surface area contributed by atoms with Gasteiger partial charge in [-0.3, -0.25) is 28.3 Å². The number of benzene rings is 1. The predicted molar refractivity (Wildman–Crippen MR) is 138 cm³/mol. The number of thioether (sulfide) groups is 1. The highest BCUT2D eigenvalue weighted by Gasteiger charge is 2.53. The molecule has 1 aromatic rings. The Morgan fingerprint density at radius 3 is 2.54 bits per heavy atom. The number of carbonyl (C=O) groups is 4. The summed E-state index contributed by atoms with van der Waals surface area (Å²) in [4.78, 5) is 56.7. The first-order valence-electron chi connectivity index (χ1n) is 11.6. The molecule has 0 aliphatic carbocycles. The molecule has 0 bridgehead atoms. The number of methoxy groups -OCH3 is 1. The van der Waals surface area contributed by atoms with Crippen LogP contribution in [0.5, 0.6) is 0 Å². The van der Waals surface area contributed by atoms with E-state index >= 15 is 0 Å². The van der Waals surface area contributed by atoms with Gasteiger partial charge in [0.15, 0.2) is 0 Å². The van der Waals surface area contributed by atoms with Crippen LogP contribution in [0.2, 0.25) is 0 Å². The van der Waals surface area contributed by atoms with Gasteiger partial charge in [0, 0.05) is 25.2 Å². The maximum absolute atomic E-state index is 13.0. The van der Waals surface area contributed by atoms with Crippen LogP contribution in [0, 0.1) is 20.0 Å². The molecule has 0 aromatic heterocycles. The van der Waals surface area contributed by atoms with Gasteiger partial charge in [0.25, 0.3) is 21.9 Å². The van der Waals surface area contributed by atoms with Crippen molar-refractivity contribution in [2.75, 3.05) is 33.2 Å². The van der Waals surface area contributed by atoms with Gasteiger partial charge in [-0.05, 0) is 25.5 Å².